The maximum Gasteiger partial charge on any atom is 0.238 e. The monoisotopic (exact) mass is 398 g/mol. The van der Waals surface area contributed by atoms with Crippen molar-refractivity contribution in [1.29, 1.82) is 0 Å². The van der Waals surface area contributed by atoms with Crippen LogP contribution in [-0.2, 0) is 17.8 Å². The average molecular weight is 398 g/mol. The van der Waals surface area contributed by atoms with E-state index in [1.54, 1.807) is 0 Å². The van der Waals surface area contributed by atoms with Crippen molar-refractivity contribution in [3.05, 3.63) is 84.4 Å². The summed E-state index contributed by atoms with van der Waals surface area (Å²) in [5.41, 5.74) is 3.06. The van der Waals surface area contributed by atoms with Crippen LogP contribution in [0.25, 0.3) is 10.8 Å². The fourth-order valence-electron chi connectivity index (χ4n) is 3.78. The molecular weight excluding hydrogens is 376 g/mol. The molecule has 0 saturated heterocycles. The Bertz CT molecular complexity index is 1210. The van der Waals surface area contributed by atoms with Gasteiger partial charge in [0.1, 0.15) is 11.5 Å². The van der Waals surface area contributed by atoms with Crippen LogP contribution in [0.3, 0.4) is 0 Å². The molecule has 150 valence electrons. The maximum atomic E-state index is 12.5. The number of amides is 1. The van der Waals surface area contributed by atoms with Crippen LogP contribution >= 0.6 is 0 Å². The Hall–Kier alpha value is -3.64. The normalized spacial score (nSPS) is 14.6. The second kappa shape index (κ2) is 8.00. The van der Waals surface area contributed by atoms with Gasteiger partial charge >= 0.3 is 0 Å². The number of hydrogen-bond donors (Lipinski definition) is 2. The lowest BCUT2D eigenvalue weighted by Gasteiger charge is -2.12. The Balaban J connectivity index is 1.54. The molecule has 0 atom stereocenters. The van der Waals surface area contributed by atoms with Crippen LogP contribution in [0.15, 0.2) is 73.2 Å². The van der Waals surface area contributed by atoms with E-state index in [0.717, 1.165) is 52.2 Å². The molecule has 0 unspecified atom stereocenters. The number of hydrogen-bond acceptors (Lipinski definition) is 4. The van der Waals surface area contributed by atoms with Crippen molar-refractivity contribution in [1.82, 2.24) is 14.9 Å². The zero-order chi connectivity index (χ0) is 20.3. The highest BCUT2D eigenvalue weighted by molar-refractivity contribution is 6.03. The molecular formula is C24H22N4O2. The van der Waals surface area contributed by atoms with Gasteiger partial charge in [0.2, 0.25) is 5.91 Å². The van der Waals surface area contributed by atoms with Gasteiger partial charge in [-0.25, -0.2) is 4.98 Å². The van der Waals surface area contributed by atoms with Crippen LogP contribution < -0.4 is 15.4 Å². The number of carbonyl (C=O) groups excluding carboxylic acids is 1. The van der Waals surface area contributed by atoms with Gasteiger partial charge in [0.05, 0.1) is 12.9 Å². The van der Waals surface area contributed by atoms with Crippen LogP contribution in [0, 0.1) is 0 Å². The minimum atomic E-state index is -0.0735. The minimum Gasteiger partial charge on any atom is -0.457 e. The van der Waals surface area contributed by atoms with Crippen LogP contribution in [0.4, 0.5) is 5.69 Å². The molecule has 2 heterocycles. The number of benzene rings is 3. The second-order valence-electron chi connectivity index (χ2n) is 7.42. The summed E-state index contributed by atoms with van der Waals surface area (Å²) in [4.78, 5) is 16.8. The Kier molecular flexibility index (Phi) is 4.91. The first-order valence-corrected chi connectivity index (χ1v) is 10.0. The third-order valence-corrected chi connectivity index (χ3v) is 5.26. The van der Waals surface area contributed by atoms with Crippen molar-refractivity contribution >= 4 is 22.4 Å². The Morgan fingerprint density at radius 2 is 1.90 bits per heavy atom. The summed E-state index contributed by atoms with van der Waals surface area (Å²) in [7, 11) is 0. The van der Waals surface area contributed by atoms with Gasteiger partial charge in [-0.1, -0.05) is 30.3 Å². The number of ether oxygens (including phenoxy) is 1. The van der Waals surface area contributed by atoms with E-state index in [-0.39, 0.29) is 12.5 Å². The average Bonchev–Trinajstić information content (AvgIpc) is 3.18. The summed E-state index contributed by atoms with van der Waals surface area (Å²) < 4.78 is 8.27. The summed E-state index contributed by atoms with van der Waals surface area (Å²) in [6, 6.07) is 19.9. The van der Waals surface area contributed by atoms with Gasteiger partial charge < -0.3 is 19.9 Å². The fourth-order valence-corrected chi connectivity index (χ4v) is 3.78. The first-order chi connectivity index (χ1) is 14.7. The molecule has 0 spiro atoms. The molecule has 0 radical (unpaired) electrons. The zero-order valence-corrected chi connectivity index (χ0v) is 16.5. The molecule has 1 aliphatic rings. The highest BCUT2D eigenvalue weighted by Crippen LogP contribution is 2.30. The van der Waals surface area contributed by atoms with Crippen LogP contribution in [0.2, 0.25) is 0 Å². The third kappa shape index (κ3) is 3.90. The van der Waals surface area contributed by atoms with E-state index < -0.39 is 0 Å². The van der Waals surface area contributed by atoms with Gasteiger partial charge in [-0.2, -0.15) is 0 Å². The van der Waals surface area contributed by atoms with Crippen molar-refractivity contribution in [2.75, 3.05) is 18.4 Å². The topological polar surface area (TPSA) is 68.2 Å². The molecule has 6 nitrogen and oxygen atoms in total. The van der Waals surface area contributed by atoms with Crippen molar-refractivity contribution in [2.45, 2.75) is 13.0 Å². The maximum absolute atomic E-state index is 12.5. The standard InChI is InChI=1S/C24H22N4O2/c29-24-15-25-9-10-28-16-26-14-19(28)11-17-3-1-5-20(12-17)30-21-8-7-18-4-2-6-23(27-24)22(18)13-21/h1-8,12-14,16,25H,9-11,15H2,(H,27,29). The van der Waals surface area contributed by atoms with Gasteiger partial charge in [0, 0.05) is 42.5 Å². The van der Waals surface area contributed by atoms with E-state index in [1.807, 2.05) is 61.1 Å². The van der Waals surface area contributed by atoms with E-state index in [0.29, 0.717) is 6.54 Å². The van der Waals surface area contributed by atoms with Gasteiger partial charge in [0.15, 0.2) is 0 Å². The molecule has 1 aromatic heterocycles. The molecule has 4 bridgehead atoms. The lowest BCUT2D eigenvalue weighted by molar-refractivity contribution is -0.115. The number of rotatable bonds is 0. The highest BCUT2D eigenvalue weighted by Gasteiger charge is 2.10. The minimum absolute atomic E-state index is 0.0735. The van der Waals surface area contributed by atoms with E-state index >= 15 is 0 Å². The SMILES string of the molecule is O=C1CNCCn2cncc2Cc2cccc(c2)Oc2ccc3cccc(c3c2)N1. The third-order valence-electron chi connectivity index (χ3n) is 5.26. The van der Waals surface area contributed by atoms with Gasteiger partial charge in [-0.05, 0) is 41.3 Å². The number of imidazole rings is 1. The molecule has 1 aliphatic heterocycles. The number of nitrogens with zero attached hydrogens (tertiary/aromatic N) is 2. The Labute approximate surface area is 174 Å². The summed E-state index contributed by atoms with van der Waals surface area (Å²) in [6.45, 7) is 1.67. The quantitative estimate of drug-likeness (QED) is 0.470. The lowest BCUT2D eigenvalue weighted by atomic mass is 10.1. The molecule has 30 heavy (non-hydrogen) atoms. The first kappa shape index (κ1) is 18.4. The lowest BCUT2D eigenvalue weighted by Crippen LogP contribution is -2.30. The molecule has 5 rings (SSSR count). The number of carbonyl (C=O) groups is 1. The van der Waals surface area contributed by atoms with E-state index in [9.17, 15) is 4.79 Å². The predicted octanol–water partition coefficient (Wildman–Crippen LogP) is 3.96. The summed E-state index contributed by atoms with van der Waals surface area (Å²) in [5, 5.41) is 8.23. The number of nitrogens with one attached hydrogen (secondary N) is 2. The molecule has 0 fully saturated rings. The number of aromatic nitrogens is 2. The summed E-state index contributed by atoms with van der Waals surface area (Å²) in [6.07, 6.45) is 4.48. The molecule has 2 N–H and O–H groups in total. The van der Waals surface area contributed by atoms with Crippen LogP contribution in [0.1, 0.15) is 11.3 Å². The molecule has 3 aromatic carbocycles. The zero-order valence-electron chi connectivity index (χ0n) is 16.5. The fraction of sp³-hybridized carbons (Fsp3) is 0.167. The number of anilines is 1. The molecule has 6 heteroatoms. The largest absolute Gasteiger partial charge is 0.457 e. The molecule has 0 aliphatic carbocycles. The van der Waals surface area contributed by atoms with Gasteiger partial charge in [-0.3, -0.25) is 4.79 Å². The Morgan fingerprint density at radius 3 is 2.87 bits per heavy atom. The molecule has 4 aromatic rings. The number of fused-ring (bicyclic) bond motifs is 4. The van der Waals surface area contributed by atoms with Crippen molar-refractivity contribution in [2.24, 2.45) is 0 Å². The second-order valence-corrected chi connectivity index (χ2v) is 7.42. The molecule has 0 saturated carbocycles. The molecule has 1 amide bonds. The van der Waals surface area contributed by atoms with Crippen LogP contribution in [0.5, 0.6) is 11.5 Å². The summed E-state index contributed by atoms with van der Waals surface area (Å²) in [5.74, 6) is 1.44. The van der Waals surface area contributed by atoms with Crippen molar-refractivity contribution in [3.8, 4) is 11.5 Å². The van der Waals surface area contributed by atoms with E-state index in [4.69, 9.17) is 4.74 Å². The first-order valence-electron chi connectivity index (χ1n) is 10.0. The van der Waals surface area contributed by atoms with E-state index in [1.165, 1.54) is 0 Å². The van der Waals surface area contributed by atoms with E-state index in [2.05, 4.69) is 32.3 Å². The van der Waals surface area contributed by atoms with Gasteiger partial charge in [0.25, 0.3) is 0 Å². The highest BCUT2D eigenvalue weighted by atomic mass is 16.5. The Morgan fingerprint density at radius 1 is 1.00 bits per heavy atom. The summed E-state index contributed by atoms with van der Waals surface area (Å²) >= 11 is 0. The van der Waals surface area contributed by atoms with Crippen LogP contribution in [-0.4, -0.2) is 28.5 Å². The smallest absolute Gasteiger partial charge is 0.238 e. The van der Waals surface area contributed by atoms with Gasteiger partial charge in [-0.15, -0.1) is 0 Å². The van der Waals surface area contributed by atoms with Crippen molar-refractivity contribution < 1.29 is 9.53 Å². The van der Waals surface area contributed by atoms with Crippen molar-refractivity contribution in [3.63, 3.8) is 0 Å². The predicted molar refractivity (Wildman–Crippen MR) is 117 cm³/mol.